The molecule has 0 aliphatic heterocycles. The SMILES string of the molecule is CC(C)COc1ccc(NC(=O)N(C)[C@@H](C)CC#N)cn1. The van der Waals surface area contributed by atoms with Crippen LogP contribution in [0.15, 0.2) is 18.3 Å². The molecular weight excluding hydrogens is 268 g/mol. The third-order valence-electron chi connectivity index (χ3n) is 2.92. The van der Waals surface area contributed by atoms with Crippen molar-refractivity contribution in [2.45, 2.75) is 33.2 Å². The Hall–Kier alpha value is -2.29. The Morgan fingerprint density at radius 1 is 1.48 bits per heavy atom. The van der Waals surface area contributed by atoms with Crippen LogP contribution in [-0.2, 0) is 0 Å². The highest BCUT2D eigenvalue weighted by molar-refractivity contribution is 5.89. The van der Waals surface area contributed by atoms with Crippen molar-refractivity contribution >= 4 is 11.7 Å². The molecule has 1 aromatic rings. The first-order valence-electron chi connectivity index (χ1n) is 6.93. The maximum atomic E-state index is 12.0. The van der Waals surface area contributed by atoms with Crippen LogP contribution < -0.4 is 10.1 Å². The number of ether oxygens (including phenoxy) is 1. The fourth-order valence-electron chi connectivity index (χ4n) is 1.47. The summed E-state index contributed by atoms with van der Waals surface area (Å²) >= 11 is 0. The van der Waals surface area contributed by atoms with Crippen LogP contribution >= 0.6 is 0 Å². The fraction of sp³-hybridized carbons (Fsp3) is 0.533. The summed E-state index contributed by atoms with van der Waals surface area (Å²) in [6, 6.07) is 5.10. The summed E-state index contributed by atoms with van der Waals surface area (Å²) in [5.41, 5.74) is 0.591. The monoisotopic (exact) mass is 290 g/mol. The molecule has 0 radical (unpaired) electrons. The van der Waals surface area contributed by atoms with Gasteiger partial charge >= 0.3 is 6.03 Å². The Morgan fingerprint density at radius 3 is 2.71 bits per heavy atom. The van der Waals surface area contributed by atoms with Gasteiger partial charge in [0.25, 0.3) is 0 Å². The number of hydrogen-bond acceptors (Lipinski definition) is 4. The van der Waals surface area contributed by atoms with Crippen LogP contribution in [0.3, 0.4) is 0 Å². The van der Waals surface area contributed by atoms with Gasteiger partial charge < -0.3 is 15.0 Å². The maximum Gasteiger partial charge on any atom is 0.321 e. The van der Waals surface area contributed by atoms with Crippen LogP contribution in [0.5, 0.6) is 5.88 Å². The molecule has 1 rings (SSSR count). The van der Waals surface area contributed by atoms with E-state index >= 15 is 0 Å². The third-order valence-corrected chi connectivity index (χ3v) is 2.92. The number of rotatable bonds is 6. The number of amides is 2. The van der Waals surface area contributed by atoms with Gasteiger partial charge in [0.05, 0.1) is 31.0 Å². The van der Waals surface area contributed by atoms with Crippen molar-refractivity contribution in [3.63, 3.8) is 0 Å². The van der Waals surface area contributed by atoms with Gasteiger partial charge in [-0.05, 0) is 18.9 Å². The summed E-state index contributed by atoms with van der Waals surface area (Å²) in [4.78, 5) is 17.6. The van der Waals surface area contributed by atoms with Gasteiger partial charge in [-0.25, -0.2) is 9.78 Å². The van der Waals surface area contributed by atoms with Crippen molar-refractivity contribution in [1.82, 2.24) is 9.88 Å². The van der Waals surface area contributed by atoms with Gasteiger partial charge in [-0.2, -0.15) is 5.26 Å². The van der Waals surface area contributed by atoms with Gasteiger partial charge in [0.2, 0.25) is 5.88 Å². The fourth-order valence-corrected chi connectivity index (χ4v) is 1.47. The molecule has 0 aromatic carbocycles. The van der Waals surface area contributed by atoms with Gasteiger partial charge in [0, 0.05) is 19.2 Å². The Balaban J connectivity index is 2.55. The molecular formula is C15H22N4O2. The van der Waals surface area contributed by atoms with Crippen molar-refractivity contribution < 1.29 is 9.53 Å². The second-order valence-corrected chi connectivity index (χ2v) is 5.34. The molecule has 6 heteroatoms. The van der Waals surface area contributed by atoms with Gasteiger partial charge in [-0.1, -0.05) is 13.8 Å². The minimum absolute atomic E-state index is 0.142. The highest BCUT2D eigenvalue weighted by atomic mass is 16.5. The Morgan fingerprint density at radius 2 is 2.19 bits per heavy atom. The summed E-state index contributed by atoms with van der Waals surface area (Å²) < 4.78 is 5.47. The van der Waals surface area contributed by atoms with E-state index in [1.165, 1.54) is 4.90 Å². The molecule has 0 aliphatic rings. The lowest BCUT2D eigenvalue weighted by Gasteiger charge is -2.23. The largest absolute Gasteiger partial charge is 0.477 e. The molecule has 1 N–H and O–H groups in total. The third kappa shape index (κ3) is 5.69. The number of nitriles is 1. The van der Waals surface area contributed by atoms with Gasteiger partial charge in [-0.15, -0.1) is 0 Å². The highest BCUT2D eigenvalue weighted by Crippen LogP contribution is 2.13. The maximum absolute atomic E-state index is 12.0. The van der Waals surface area contributed by atoms with Crippen LogP contribution in [0.2, 0.25) is 0 Å². The van der Waals surface area contributed by atoms with E-state index in [0.717, 1.165) is 0 Å². The zero-order valence-electron chi connectivity index (χ0n) is 13.0. The molecule has 0 spiro atoms. The number of urea groups is 1. The number of carbonyl (C=O) groups excluding carboxylic acids is 1. The van der Waals surface area contributed by atoms with E-state index in [1.54, 1.807) is 25.4 Å². The normalized spacial score (nSPS) is 11.6. The van der Waals surface area contributed by atoms with Crippen LogP contribution in [0, 0.1) is 17.2 Å². The zero-order valence-corrected chi connectivity index (χ0v) is 13.0. The molecule has 1 heterocycles. The number of carbonyl (C=O) groups is 1. The van der Waals surface area contributed by atoms with Crippen molar-refractivity contribution in [1.29, 1.82) is 5.26 Å². The van der Waals surface area contributed by atoms with Gasteiger partial charge in [-0.3, -0.25) is 0 Å². The first-order valence-corrected chi connectivity index (χ1v) is 6.93. The molecule has 21 heavy (non-hydrogen) atoms. The summed E-state index contributed by atoms with van der Waals surface area (Å²) in [6.45, 7) is 6.55. The smallest absolute Gasteiger partial charge is 0.321 e. The van der Waals surface area contributed by atoms with Crippen LogP contribution in [0.1, 0.15) is 27.2 Å². The van der Waals surface area contributed by atoms with E-state index in [-0.39, 0.29) is 12.1 Å². The van der Waals surface area contributed by atoms with E-state index in [2.05, 4.69) is 24.1 Å². The van der Waals surface area contributed by atoms with Crippen molar-refractivity contribution in [2.75, 3.05) is 19.0 Å². The van der Waals surface area contributed by atoms with E-state index in [4.69, 9.17) is 10.00 Å². The number of hydrogen-bond donors (Lipinski definition) is 1. The predicted molar refractivity (Wildman–Crippen MR) is 81.0 cm³/mol. The quantitative estimate of drug-likeness (QED) is 0.873. The van der Waals surface area contributed by atoms with Crippen LogP contribution in [0.4, 0.5) is 10.5 Å². The minimum atomic E-state index is -0.268. The first-order chi connectivity index (χ1) is 9.93. The number of aromatic nitrogens is 1. The van der Waals surface area contributed by atoms with Crippen molar-refractivity contribution in [2.24, 2.45) is 5.92 Å². The topological polar surface area (TPSA) is 78.2 Å². The number of nitrogens with one attached hydrogen (secondary N) is 1. The minimum Gasteiger partial charge on any atom is -0.477 e. The van der Waals surface area contributed by atoms with E-state index < -0.39 is 0 Å². The lowest BCUT2D eigenvalue weighted by molar-refractivity contribution is 0.208. The molecule has 2 amide bonds. The standard InChI is InChI=1S/C15H22N4O2/c1-11(2)10-21-14-6-5-13(9-17-14)18-15(20)19(4)12(3)7-8-16/h5-6,9,11-12H,7,10H2,1-4H3,(H,18,20)/t12-/m0/s1. The van der Waals surface area contributed by atoms with Crippen LogP contribution in [0.25, 0.3) is 0 Å². The zero-order chi connectivity index (χ0) is 15.8. The predicted octanol–water partition coefficient (Wildman–Crippen LogP) is 2.88. The molecule has 0 saturated carbocycles. The first kappa shape index (κ1) is 16.8. The molecule has 0 aliphatic carbocycles. The molecule has 0 bridgehead atoms. The second-order valence-electron chi connectivity index (χ2n) is 5.34. The second kappa shape index (κ2) is 8.10. The lowest BCUT2D eigenvalue weighted by atomic mass is 10.2. The summed E-state index contributed by atoms with van der Waals surface area (Å²) in [5.74, 6) is 0.967. The molecule has 1 aromatic heterocycles. The van der Waals surface area contributed by atoms with Crippen molar-refractivity contribution in [3.8, 4) is 11.9 Å². The van der Waals surface area contributed by atoms with Gasteiger partial charge in [0.15, 0.2) is 0 Å². The van der Waals surface area contributed by atoms with E-state index in [0.29, 0.717) is 30.5 Å². The van der Waals surface area contributed by atoms with Crippen LogP contribution in [-0.4, -0.2) is 35.6 Å². The highest BCUT2D eigenvalue weighted by Gasteiger charge is 2.15. The van der Waals surface area contributed by atoms with Crippen molar-refractivity contribution in [3.05, 3.63) is 18.3 Å². The Kier molecular flexibility index (Phi) is 6.47. The number of pyridine rings is 1. The average molecular weight is 290 g/mol. The van der Waals surface area contributed by atoms with E-state index in [1.807, 2.05) is 13.0 Å². The van der Waals surface area contributed by atoms with E-state index in [9.17, 15) is 4.79 Å². The molecule has 1 atom stereocenters. The Labute approximate surface area is 125 Å². The number of nitrogens with zero attached hydrogens (tertiary/aromatic N) is 3. The summed E-state index contributed by atoms with van der Waals surface area (Å²) in [5, 5.41) is 11.4. The molecule has 0 saturated heterocycles. The van der Waals surface area contributed by atoms with Gasteiger partial charge in [0.1, 0.15) is 0 Å². The summed E-state index contributed by atoms with van der Waals surface area (Å²) in [6.07, 6.45) is 1.85. The Bertz CT molecular complexity index is 493. The molecule has 6 nitrogen and oxygen atoms in total. The number of anilines is 1. The molecule has 114 valence electrons. The molecule has 0 unspecified atom stereocenters. The lowest BCUT2D eigenvalue weighted by Crippen LogP contribution is -2.38. The molecule has 0 fully saturated rings. The average Bonchev–Trinajstić information content (AvgIpc) is 2.45. The summed E-state index contributed by atoms with van der Waals surface area (Å²) in [7, 11) is 1.66.